The molecule has 4 aromatic rings. The molecule has 0 unspecified atom stereocenters. The van der Waals surface area contributed by atoms with Gasteiger partial charge in [0.25, 0.3) is 0 Å². The molecule has 0 N–H and O–H groups in total. The minimum Gasteiger partial charge on any atom is -0.456 e. The topological polar surface area (TPSA) is 63.2 Å². The summed E-state index contributed by atoms with van der Waals surface area (Å²) in [4.78, 5) is 13.7. The van der Waals surface area contributed by atoms with E-state index in [1.165, 1.54) is 0 Å². The van der Waals surface area contributed by atoms with Crippen LogP contribution in [0, 0.1) is 0 Å². The first kappa shape index (κ1) is 31.3. The van der Waals surface area contributed by atoms with Gasteiger partial charge in [0, 0.05) is 4.90 Å². The zero-order valence-corrected chi connectivity index (χ0v) is 25.3. The fourth-order valence-electron chi connectivity index (χ4n) is 4.83. The number of hydrogen-bond acceptors (Lipinski definition) is 7. The van der Waals surface area contributed by atoms with Gasteiger partial charge in [-0.1, -0.05) is 121 Å². The first-order chi connectivity index (χ1) is 21.2. The van der Waals surface area contributed by atoms with Crippen molar-refractivity contribution in [3.8, 4) is 0 Å². The summed E-state index contributed by atoms with van der Waals surface area (Å²) >= 11 is 7.46. The van der Waals surface area contributed by atoms with Crippen LogP contribution in [-0.4, -0.2) is 48.3 Å². The molecule has 1 fully saturated rings. The van der Waals surface area contributed by atoms with Crippen molar-refractivity contribution in [3.05, 3.63) is 138 Å². The molecule has 5 atom stereocenters. The fraction of sp³-hybridized carbons (Fsp3) is 0.286. The highest BCUT2D eigenvalue weighted by atomic mass is 35.5. The minimum absolute atomic E-state index is 0.178. The number of esters is 1. The number of halogens is 1. The molecule has 4 aromatic carbocycles. The van der Waals surface area contributed by atoms with Crippen molar-refractivity contribution in [1.82, 2.24) is 0 Å². The quantitative estimate of drug-likeness (QED) is 0.111. The molecule has 0 spiro atoms. The Bertz CT molecular complexity index is 1360. The summed E-state index contributed by atoms with van der Waals surface area (Å²) in [5, 5.41) is 0. The maximum absolute atomic E-state index is 12.6. The van der Waals surface area contributed by atoms with Crippen LogP contribution < -0.4 is 0 Å². The lowest BCUT2D eigenvalue weighted by Crippen LogP contribution is -2.60. The van der Waals surface area contributed by atoms with E-state index in [0.717, 1.165) is 21.6 Å². The average Bonchev–Trinajstić information content (AvgIpc) is 3.06. The molecule has 0 amide bonds. The normalized spacial score (nSPS) is 21.7. The Balaban J connectivity index is 1.45. The van der Waals surface area contributed by atoms with Crippen LogP contribution in [0.15, 0.2) is 126 Å². The Labute approximate surface area is 262 Å². The molecular formula is C35H35ClO6S. The van der Waals surface area contributed by atoms with Gasteiger partial charge in [-0.2, -0.15) is 0 Å². The molecular weight excluding hydrogens is 584 g/mol. The van der Waals surface area contributed by atoms with Crippen LogP contribution in [0.3, 0.4) is 0 Å². The summed E-state index contributed by atoms with van der Waals surface area (Å²) in [6.45, 7) is 1.19. The zero-order chi connectivity index (χ0) is 29.7. The molecule has 0 bridgehead atoms. The van der Waals surface area contributed by atoms with E-state index in [9.17, 15) is 4.79 Å². The van der Waals surface area contributed by atoms with Crippen LogP contribution in [0.5, 0.6) is 0 Å². The predicted molar refractivity (Wildman–Crippen MR) is 168 cm³/mol. The molecule has 224 valence electrons. The Hall–Kier alpha value is -3.17. The molecule has 0 aliphatic carbocycles. The summed E-state index contributed by atoms with van der Waals surface area (Å²) in [5.74, 6) is -0.857. The highest BCUT2D eigenvalue weighted by Crippen LogP contribution is 2.38. The van der Waals surface area contributed by atoms with Gasteiger partial charge in [0.2, 0.25) is 0 Å². The van der Waals surface area contributed by atoms with E-state index in [1.54, 1.807) is 11.8 Å². The van der Waals surface area contributed by atoms with Gasteiger partial charge in [0.15, 0.2) is 6.10 Å². The van der Waals surface area contributed by atoms with Crippen molar-refractivity contribution < 1.29 is 28.5 Å². The van der Waals surface area contributed by atoms with Crippen molar-refractivity contribution in [2.24, 2.45) is 0 Å². The molecule has 0 aromatic heterocycles. The van der Waals surface area contributed by atoms with Gasteiger partial charge in [-0.05, 0) is 28.8 Å². The first-order valence-electron chi connectivity index (χ1n) is 14.2. The number of thioether (sulfide) groups is 1. The summed E-state index contributed by atoms with van der Waals surface area (Å²) < 4.78 is 31.9. The van der Waals surface area contributed by atoms with Crippen LogP contribution in [0.25, 0.3) is 0 Å². The van der Waals surface area contributed by atoms with Gasteiger partial charge >= 0.3 is 5.97 Å². The Kier molecular flexibility index (Phi) is 12.1. The van der Waals surface area contributed by atoms with E-state index in [-0.39, 0.29) is 12.5 Å². The lowest BCUT2D eigenvalue weighted by Gasteiger charge is -2.45. The molecule has 1 heterocycles. The van der Waals surface area contributed by atoms with E-state index in [4.69, 9.17) is 35.3 Å². The average molecular weight is 619 g/mol. The number of hydrogen-bond donors (Lipinski definition) is 0. The lowest BCUT2D eigenvalue weighted by atomic mass is 9.99. The summed E-state index contributed by atoms with van der Waals surface area (Å²) in [7, 11) is 0. The number of alkyl halides is 1. The Morgan fingerprint density at radius 3 is 1.67 bits per heavy atom. The van der Waals surface area contributed by atoms with E-state index in [1.807, 2.05) is 121 Å². The molecule has 6 nitrogen and oxygen atoms in total. The predicted octanol–water partition coefficient (Wildman–Crippen LogP) is 7.04. The first-order valence-corrected chi connectivity index (χ1v) is 15.7. The molecule has 5 rings (SSSR count). The third-order valence-electron chi connectivity index (χ3n) is 6.93. The summed E-state index contributed by atoms with van der Waals surface area (Å²) in [6, 6.07) is 39.7. The summed E-state index contributed by atoms with van der Waals surface area (Å²) in [5.41, 5.74) is 2.55. The molecule has 1 aliphatic rings. The Morgan fingerprint density at radius 1 is 0.651 bits per heavy atom. The van der Waals surface area contributed by atoms with Crippen LogP contribution in [0.1, 0.15) is 16.7 Å². The van der Waals surface area contributed by atoms with Crippen molar-refractivity contribution >= 4 is 29.3 Å². The third-order valence-corrected chi connectivity index (χ3v) is 8.30. The maximum Gasteiger partial charge on any atom is 0.321 e. The fourth-order valence-corrected chi connectivity index (χ4v) is 6.04. The molecule has 43 heavy (non-hydrogen) atoms. The van der Waals surface area contributed by atoms with Crippen molar-refractivity contribution in [3.63, 3.8) is 0 Å². The molecule has 0 saturated carbocycles. The molecule has 0 radical (unpaired) electrons. The largest absolute Gasteiger partial charge is 0.456 e. The van der Waals surface area contributed by atoms with Crippen LogP contribution in [0.2, 0.25) is 0 Å². The lowest BCUT2D eigenvalue weighted by molar-refractivity contribution is -0.248. The standard InChI is InChI=1S/C35H35ClO6S/c36-21-31(37)42-32-30(25-38-22-26-13-5-1-6-14-26)41-35(43-29-19-11-4-12-20-29)34(40-24-28-17-9-3-10-18-28)33(32)39-23-27-15-7-2-8-16-27/h1-20,30,32-35H,21-25H2/t30-,32+,33+,34-,35+/m1/s1. The van der Waals surface area contributed by atoms with Gasteiger partial charge < -0.3 is 23.7 Å². The molecule has 8 heteroatoms. The number of ether oxygens (including phenoxy) is 5. The van der Waals surface area contributed by atoms with Gasteiger partial charge in [-0.15, -0.1) is 11.6 Å². The second kappa shape index (κ2) is 16.6. The minimum atomic E-state index is -0.820. The van der Waals surface area contributed by atoms with Gasteiger partial charge in [-0.25, -0.2) is 0 Å². The van der Waals surface area contributed by atoms with Crippen LogP contribution in [0.4, 0.5) is 0 Å². The van der Waals surface area contributed by atoms with Crippen molar-refractivity contribution in [1.29, 1.82) is 0 Å². The van der Waals surface area contributed by atoms with Gasteiger partial charge in [-0.3, -0.25) is 4.79 Å². The highest BCUT2D eigenvalue weighted by molar-refractivity contribution is 7.99. The number of carbonyl (C=O) groups is 1. The summed E-state index contributed by atoms with van der Waals surface area (Å²) in [6.07, 6.45) is -2.71. The van der Waals surface area contributed by atoms with Crippen molar-refractivity contribution in [2.45, 2.75) is 54.6 Å². The molecule has 1 aliphatic heterocycles. The SMILES string of the molecule is O=C(CCl)O[C@@H]1[C@H](OCc2ccccc2)[C@@H](OCc2ccccc2)[C@H](Sc2ccccc2)O[C@@H]1COCc1ccccc1. The molecule has 1 saturated heterocycles. The van der Waals surface area contributed by atoms with Crippen LogP contribution in [-0.2, 0) is 48.3 Å². The Morgan fingerprint density at radius 2 is 1.14 bits per heavy atom. The van der Waals surface area contributed by atoms with E-state index in [2.05, 4.69) is 0 Å². The third kappa shape index (κ3) is 9.41. The second-order valence-corrected chi connectivity index (χ2v) is 11.5. The number of benzene rings is 4. The highest BCUT2D eigenvalue weighted by Gasteiger charge is 2.50. The van der Waals surface area contributed by atoms with Gasteiger partial charge in [0.05, 0.1) is 26.4 Å². The number of rotatable bonds is 14. The van der Waals surface area contributed by atoms with E-state index >= 15 is 0 Å². The van der Waals surface area contributed by atoms with Crippen molar-refractivity contribution in [2.75, 3.05) is 12.5 Å². The maximum atomic E-state index is 12.6. The second-order valence-electron chi connectivity index (χ2n) is 10.1. The van der Waals surface area contributed by atoms with Crippen LogP contribution >= 0.6 is 23.4 Å². The monoisotopic (exact) mass is 618 g/mol. The van der Waals surface area contributed by atoms with E-state index < -0.39 is 35.8 Å². The zero-order valence-electron chi connectivity index (χ0n) is 23.7. The number of carbonyl (C=O) groups excluding carboxylic acids is 1. The van der Waals surface area contributed by atoms with E-state index in [0.29, 0.717) is 19.8 Å². The van der Waals surface area contributed by atoms with Gasteiger partial charge in [0.1, 0.15) is 29.6 Å². The smallest absolute Gasteiger partial charge is 0.321 e.